The second-order valence-electron chi connectivity index (χ2n) is 7.03. The Morgan fingerprint density at radius 1 is 0.724 bits per heavy atom. The third kappa shape index (κ3) is 3.25. The molecule has 2 aromatic heterocycles. The van der Waals surface area contributed by atoms with E-state index in [1.54, 1.807) is 0 Å². The zero-order valence-electron chi connectivity index (χ0n) is 16.7. The van der Waals surface area contributed by atoms with Gasteiger partial charge in [-0.2, -0.15) is 0 Å². The molecule has 1 N–H and O–H groups in total. The predicted molar refractivity (Wildman–Crippen MR) is 133 cm³/mol. The molecule has 5 aromatic rings. The summed E-state index contributed by atoms with van der Waals surface area (Å²) in [5.74, 6) is 0. The molecule has 0 spiro atoms. The quantitative estimate of drug-likeness (QED) is 0.304. The minimum Gasteiger partial charge on any atom is -0.355 e. The summed E-state index contributed by atoms with van der Waals surface area (Å²) < 4.78 is 4.08. The molecule has 1 aliphatic rings. The average molecular weight is 414 g/mol. The van der Waals surface area contributed by atoms with E-state index < -0.39 is 0 Å². The van der Waals surface area contributed by atoms with Crippen molar-refractivity contribution < 1.29 is 0 Å². The summed E-state index contributed by atoms with van der Waals surface area (Å²) in [5.41, 5.74) is 3.83. The van der Waals surface area contributed by atoms with Gasteiger partial charge in [0.15, 0.2) is 0 Å². The van der Waals surface area contributed by atoms with Crippen LogP contribution < -0.4 is 5.32 Å². The Morgan fingerprint density at radius 3 is 2.24 bits per heavy atom. The number of thiophene rings is 2. The highest BCUT2D eigenvalue weighted by Crippen LogP contribution is 2.38. The van der Waals surface area contributed by atoms with Gasteiger partial charge >= 0.3 is 0 Å². The van der Waals surface area contributed by atoms with E-state index in [0.717, 1.165) is 24.2 Å². The molecular weight excluding hydrogens is 390 g/mol. The van der Waals surface area contributed by atoms with Crippen molar-refractivity contribution in [3.8, 4) is 0 Å². The van der Waals surface area contributed by atoms with Crippen LogP contribution in [-0.4, -0.2) is 0 Å². The third-order valence-electron chi connectivity index (χ3n) is 5.32. The Hall–Kier alpha value is -2.62. The van der Waals surface area contributed by atoms with Gasteiger partial charge in [0, 0.05) is 41.1 Å². The van der Waals surface area contributed by atoms with Crippen LogP contribution in [0.25, 0.3) is 36.3 Å². The van der Waals surface area contributed by atoms with Crippen LogP contribution in [0.4, 0.5) is 11.4 Å². The first-order valence-corrected chi connectivity index (χ1v) is 11.9. The molecular formula is C26H23NS2. The van der Waals surface area contributed by atoms with Crippen LogP contribution >= 0.6 is 22.7 Å². The normalized spacial score (nSPS) is 12.8. The molecule has 0 amide bonds. The van der Waals surface area contributed by atoms with Crippen molar-refractivity contribution in [2.24, 2.45) is 0 Å². The number of fused-ring (bicyclic) bond motifs is 6. The minimum atomic E-state index is 1.15. The standard InChI is InChI=1S/C24H17NS2.C2H6/c1-3-7-21-17(5-1)19-13-15(9-11-23(19)26-21)25-16-10-12-24-20(14-16)18-6-2-4-8-22(18)27-24;1-2/h1,3-5,7-14,25H,2,6H2;1-2H3. The molecule has 0 saturated carbocycles. The average Bonchev–Trinajstić information content (AvgIpc) is 3.33. The Bertz CT molecular complexity index is 1350. The monoisotopic (exact) mass is 413 g/mol. The number of nitrogens with one attached hydrogen (secondary N) is 1. The van der Waals surface area contributed by atoms with Gasteiger partial charge in [0.1, 0.15) is 0 Å². The van der Waals surface area contributed by atoms with E-state index in [1.165, 1.54) is 40.7 Å². The maximum absolute atomic E-state index is 3.63. The van der Waals surface area contributed by atoms with Crippen LogP contribution in [-0.2, 0) is 6.42 Å². The fourth-order valence-corrected chi connectivity index (χ4v) is 6.28. The molecule has 0 bridgehead atoms. The lowest BCUT2D eigenvalue weighted by Crippen LogP contribution is -1.91. The summed E-state index contributed by atoms with van der Waals surface area (Å²) in [5, 5.41) is 7.72. The highest BCUT2D eigenvalue weighted by atomic mass is 32.1. The van der Waals surface area contributed by atoms with Crippen molar-refractivity contribution in [3.63, 3.8) is 0 Å². The van der Waals surface area contributed by atoms with Crippen LogP contribution in [0.5, 0.6) is 0 Å². The zero-order chi connectivity index (χ0) is 19.8. The van der Waals surface area contributed by atoms with E-state index in [-0.39, 0.29) is 0 Å². The van der Waals surface area contributed by atoms with Crippen LogP contribution in [0.15, 0.2) is 66.7 Å². The molecule has 144 valence electrons. The molecule has 0 saturated heterocycles. The first-order valence-electron chi connectivity index (χ1n) is 10.3. The smallest absolute Gasteiger partial charge is 0.0391 e. The van der Waals surface area contributed by atoms with Gasteiger partial charge in [-0.05, 0) is 72.3 Å². The molecule has 0 atom stereocenters. The molecule has 0 unspecified atom stereocenters. The van der Waals surface area contributed by atoms with E-state index in [2.05, 4.69) is 78.1 Å². The molecule has 6 rings (SSSR count). The maximum atomic E-state index is 3.63. The van der Waals surface area contributed by atoms with Gasteiger partial charge in [-0.15, -0.1) is 22.7 Å². The largest absolute Gasteiger partial charge is 0.355 e. The SMILES string of the molecule is C1=Cc2sc3ccc(Nc4ccc5sc6ccccc6c5c4)cc3c2CC1.CC. The van der Waals surface area contributed by atoms with Gasteiger partial charge in [0.05, 0.1) is 0 Å². The first kappa shape index (κ1) is 18.4. The van der Waals surface area contributed by atoms with Crippen LogP contribution in [0.1, 0.15) is 30.7 Å². The van der Waals surface area contributed by atoms with Gasteiger partial charge in [-0.1, -0.05) is 38.1 Å². The number of hydrogen-bond acceptors (Lipinski definition) is 3. The van der Waals surface area contributed by atoms with Crippen LogP contribution in [0.3, 0.4) is 0 Å². The lowest BCUT2D eigenvalue weighted by atomic mass is 10.0. The molecule has 0 aliphatic heterocycles. The number of anilines is 2. The predicted octanol–water partition coefficient (Wildman–Crippen LogP) is 9.00. The number of hydrogen-bond donors (Lipinski definition) is 1. The summed E-state index contributed by atoms with van der Waals surface area (Å²) in [6.45, 7) is 4.00. The van der Waals surface area contributed by atoms with Crippen molar-refractivity contribution in [1.82, 2.24) is 0 Å². The number of aryl methyl sites for hydroxylation is 1. The molecule has 3 aromatic carbocycles. The number of rotatable bonds is 2. The summed E-state index contributed by atoms with van der Waals surface area (Å²) in [6, 6.07) is 22.1. The molecule has 2 heterocycles. The summed E-state index contributed by atoms with van der Waals surface area (Å²) in [6.07, 6.45) is 6.88. The summed E-state index contributed by atoms with van der Waals surface area (Å²) >= 11 is 3.77. The van der Waals surface area contributed by atoms with Gasteiger partial charge in [0.2, 0.25) is 0 Å². The molecule has 1 nitrogen and oxygen atoms in total. The van der Waals surface area contributed by atoms with Gasteiger partial charge in [-0.3, -0.25) is 0 Å². The third-order valence-corrected chi connectivity index (χ3v) is 7.65. The lowest BCUT2D eigenvalue weighted by Gasteiger charge is -2.09. The Morgan fingerprint density at radius 2 is 1.41 bits per heavy atom. The van der Waals surface area contributed by atoms with E-state index in [0.29, 0.717) is 0 Å². The van der Waals surface area contributed by atoms with Crippen LogP contribution in [0.2, 0.25) is 0 Å². The fraction of sp³-hybridized carbons (Fsp3) is 0.154. The topological polar surface area (TPSA) is 12.0 Å². The van der Waals surface area contributed by atoms with E-state index in [1.807, 2.05) is 36.5 Å². The number of benzene rings is 3. The minimum absolute atomic E-state index is 1.15. The van der Waals surface area contributed by atoms with Crippen LogP contribution in [0, 0.1) is 0 Å². The number of allylic oxidation sites excluding steroid dienone is 1. The van der Waals surface area contributed by atoms with Crippen molar-refractivity contribution >= 4 is 70.4 Å². The van der Waals surface area contributed by atoms with Crippen molar-refractivity contribution in [2.45, 2.75) is 26.7 Å². The highest BCUT2D eigenvalue weighted by molar-refractivity contribution is 7.25. The summed E-state index contributed by atoms with van der Waals surface area (Å²) in [4.78, 5) is 1.43. The Balaban J connectivity index is 0.000000882. The fourth-order valence-electron chi connectivity index (χ4n) is 4.03. The van der Waals surface area contributed by atoms with E-state index in [9.17, 15) is 0 Å². The van der Waals surface area contributed by atoms with E-state index >= 15 is 0 Å². The highest BCUT2D eigenvalue weighted by Gasteiger charge is 2.13. The molecule has 29 heavy (non-hydrogen) atoms. The molecule has 3 heteroatoms. The lowest BCUT2D eigenvalue weighted by molar-refractivity contribution is 1.01. The van der Waals surface area contributed by atoms with Gasteiger partial charge < -0.3 is 5.32 Å². The summed E-state index contributed by atoms with van der Waals surface area (Å²) in [7, 11) is 0. The molecule has 0 fully saturated rings. The Kier molecular flexibility index (Phi) is 4.86. The van der Waals surface area contributed by atoms with Crippen molar-refractivity contribution in [1.29, 1.82) is 0 Å². The molecule has 1 aliphatic carbocycles. The van der Waals surface area contributed by atoms with Gasteiger partial charge in [0.25, 0.3) is 0 Å². The molecule has 0 radical (unpaired) electrons. The second-order valence-corrected chi connectivity index (χ2v) is 9.20. The van der Waals surface area contributed by atoms with Gasteiger partial charge in [-0.25, -0.2) is 0 Å². The zero-order valence-corrected chi connectivity index (χ0v) is 18.3. The second kappa shape index (κ2) is 7.66. The maximum Gasteiger partial charge on any atom is 0.0391 e. The van der Waals surface area contributed by atoms with Crippen molar-refractivity contribution in [3.05, 3.63) is 77.2 Å². The Labute approximate surface area is 179 Å². The first-order chi connectivity index (χ1) is 14.3. The van der Waals surface area contributed by atoms with E-state index in [4.69, 9.17) is 0 Å². The van der Waals surface area contributed by atoms with Crippen molar-refractivity contribution in [2.75, 3.05) is 5.32 Å².